The largest absolute Gasteiger partial charge is 0.310 e. The van der Waals surface area contributed by atoms with Crippen molar-refractivity contribution in [3.05, 3.63) is 53.9 Å². The Morgan fingerprint density at radius 3 is 2.75 bits per heavy atom. The van der Waals surface area contributed by atoms with Crippen molar-refractivity contribution in [2.24, 2.45) is 0 Å². The van der Waals surface area contributed by atoms with Crippen molar-refractivity contribution in [1.82, 2.24) is 15.1 Å². The zero-order valence-electron chi connectivity index (χ0n) is 12.5. The van der Waals surface area contributed by atoms with E-state index in [-0.39, 0.29) is 0 Å². The Balaban J connectivity index is 1.72. The van der Waals surface area contributed by atoms with E-state index in [0.717, 1.165) is 19.5 Å². The van der Waals surface area contributed by atoms with Crippen LogP contribution in [0.4, 0.5) is 0 Å². The van der Waals surface area contributed by atoms with E-state index in [1.807, 2.05) is 6.20 Å². The first kappa shape index (κ1) is 14.8. The zero-order chi connectivity index (χ0) is 14.2. The molecular weight excluding hydrogens is 246 g/mol. The van der Waals surface area contributed by atoms with Crippen LogP contribution in [0.1, 0.15) is 43.9 Å². The predicted octanol–water partition coefficient (Wildman–Crippen LogP) is 3.58. The van der Waals surface area contributed by atoms with Crippen LogP contribution in [-0.4, -0.2) is 16.3 Å². The van der Waals surface area contributed by atoms with E-state index in [1.54, 1.807) is 0 Å². The van der Waals surface area contributed by atoms with Crippen LogP contribution in [-0.2, 0) is 13.0 Å². The molecule has 1 atom stereocenters. The number of hydrogen-bond donors (Lipinski definition) is 1. The third-order valence-electron chi connectivity index (χ3n) is 3.61. The number of benzene rings is 1. The lowest BCUT2D eigenvalue weighted by atomic mass is 10.1. The van der Waals surface area contributed by atoms with Gasteiger partial charge in [-0.05, 0) is 38.3 Å². The summed E-state index contributed by atoms with van der Waals surface area (Å²) in [6.07, 6.45) is 7.68. The molecule has 0 fully saturated rings. The van der Waals surface area contributed by atoms with Crippen LogP contribution in [0.15, 0.2) is 42.7 Å². The van der Waals surface area contributed by atoms with Gasteiger partial charge in [0, 0.05) is 24.3 Å². The maximum absolute atomic E-state index is 4.44. The second kappa shape index (κ2) is 7.85. The second-order valence-corrected chi connectivity index (χ2v) is 5.26. The Morgan fingerprint density at radius 2 is 2.00 bits per heavy atom. The molecule has 1 heterocycles. The van der Waals surface area contributed by atoms with Gasteiger partial charge in [-0.2, -0.15) is 5.10 Å². The number of hydrogen-bond acceptors (Lipinski definition) is 2. The first-order valence-corrected chi connectivity index (χ1v) is 7.59. The minimum Gasteiger partial charge on any atom is -0.310 e. The highest BCUT2D eigenvalue weighted by molar-refractivity contribution is 5.14. The van der Waals surface area contributed by atoms with Gasteiger partial charge in [-0.15, -0.1) is 0 Å². The summed E-state index contributed by atoms with van der Waals surface area (Å²) in [7, 11) is 0. The number of rotatable bonds is 8. The smallest absolute Gasteiger partial charge is 0.0537 e. The van der Waals surface area contributed by atoms with Gasteiger partial charge in [-0.1, -0.05) is 37.3 Å². The van der Waals surface area contributed by atoms with E-state index in [9.17, 15) is 0 Å². The normalized spacial score (nSPS) is 12.5. The molecule has 0 aliphatic heterocycles. The Kier molecular flexibility index (Phi) is 5.81. The first-order chi connectivity index (χ1) is 9.79. The van der Waals surface area contributed by atoms with Crippen molar-refractivity contribution in [3.8, 4) is 0 Å². The molecule has 3 nitrogen and oxygen atoms in total. The van der Waals surface area contributed by atoms with Gasteiger partial charge in [0.2, 0.25) is 0 Å². The van der Waals surface area contributed by atoms with Crippen LogP contribution in [0.5, 0.6) is 0 Å². The van der Waals surface area contributed by atoms with Crippen molar-refractivity contribution in [3.63, 3.8) is 0 Å². The fourth-order valence-corrected chi connectivity index (χ4v) is 2.40. The molecule has 2 rings (SSSR count). The molecule has 0 aliphatic carbocycles. The molecule has 1 aromatic heterocycles. The number of nitrogens with one attached hydrogen (secondary N) is 1. The number of aromatic nitrogens is 2. The second-order valence-electron chi connectivity index (χ2n) is 5.26. The van der Waals surface area contributed by atoms with Crippen LogP contribution < -0.4 is 5.32 Å². The van der Waals surface area contributed by atoms with E-state index in [2.05, 4.69) is 65.5 Å². The topological polar surface area (TPSA) is 29.9 Å². The van der Waals surface area contributed by atoms with Crippen LogP contribution in [0.25, 0.3) is 0 Å². The summed E-state index contributed by atoms with van der Waals surface area (Å²) in [6, 6.07) is 11.1. The molecule has 0 aliphatic rings. The Hall–Kier alpha value is -1.61. The molecule has 2 aromatic rings. The van der Waals surface area contributed by atoms with Crippen LogP contribution >= 0.6 is 0 Å². The Morgan fingerprint density at radius 1 is 1.20 bits per heavy atom. The molecule has 0 bridgehead atoms. The third kappa shape index (κ3) is 4.49. The molecular formula is C17H25N3. The van der Waals surface area contributed by atoms with E-state index < -0.39 is 0 Å². The number of aryl methyl sites for hydroxylation is 2. The molecule has 1 unspecified atom stereocenters. The van der Waals surface area contributed by atoms with Gasteiger partial charge in [-0.25, -0.2) is 0 Å². The van der Waals surface area contributed by atoms with Gasteiger partial charge >= 0.3 is 0 Å². The molecule has 3 heteroatoms. The van der Waals surface area contributed by atoms with Crippen LogP contribution in [0, 0.1) is 0 Å². The molecule has 20 heavy (non-hydrogen) atoms. The first-order valence-electron chi connectivity index (χ1n) is 7.59. The lowest BCUT2D eigenvalue weighted by Crippen LogP contribution is -2.17. The summed E-state index contributed by atoms with van der Waals surface area (Å²) in [4.78, 5) is 0. The van der Waals surface area contributed by atoms with Crippen LogP contribution in [0.3, 0.4) is 0 Å². The summed E-state index contributed by atoms with van der Waals surface area (Å²) < 4.78 is 2.06. The summed E-state index contributed by atoms with van der Waals surface area (Å²) in [5.41, 5.74) is 2.70. The van der Waals surface area contributed by atoms with Gasteiger partial charge in [0.15, 0.2) is 0 Å². The molecule has 1 N–H and O–H groups in total. The lowest BCUT2D eigenvalue weighted by molar-refractivity contribution is 0.554. The quantitative estimate of drug-likeness (QED) is 0.744. The van der Waals surface area contributed by atoms with Crippen molar-refractivity contribution < 1.29 is 0 Å². The fraction of sp³-hybridized carbons (Fsp3) is 0.471. The van der Waals surface area contributed by atoms with E-state index >= 15 is 0 Å². The maximum atomic E-state index is 4.44. The third-order valence-corrected chi connectivity index (χ3v) is 3.61. The van der Waals surface area contributed by atoms with Crippen molar-refractivity contribution in [2.45, 2.75) is 45.7 Å². The zero-order valence-corrected chi connectivity index (χ0v) is 12.5. The standard InChI is InChI=1S/C17H25N3/c1-3-18-15(2)17-13-19-20(14-17)12-8-7-11-16-9-5-4-6-10-16/h4-6,9-10,13-15,18H,3,7-8,11-12H2,1-2H3. The molecule has 0 radical (unpaired) electrons. The average molecular weight is 271 g/mol. The molecule has 1 aromatic carbocycles. The van der Waals surface area contributed by atoms with Crippen molar-refractivity contribution >= 4 is 0 Å². The van der Waals surface area contributed by atoms with Crippen molar-refractivity contribution in [2.75, 3.05) is 6.54 Å². The SMILES string of the molecule is CCNC(C)c1cnn(CCCCc2ccccc2)c1. The minimum absolute atomic E-state index is 0.387. The van der Waals surface area contributed by atoms with E-state index in [1.165, 1.54) is 24.0 Å². The summed E-state index contributed by atoms with van der Waals surface area (Å²) in [6.45, 7) is 6.31. The molecule has 108 valence electrons. The van der Waals surface area contributed by atoms with E-state index in [4.69, 9.17) is 0 Å². The Labute approximate surface area is 122 Å². The van der Waals surface area contributed by atoms with Gasteiger partial charge in [-0.3, -0.25) is 4.68 Å². The molecule has 0 spiro atoms. The van der Waals surface area contributed by atoms with Gasteiger partial charge < -0.3 is 5.32 Å². The molecule has 0 saturated heterocycles. The lowest BCUT2D eigenvalue weighted by Gasteiger charge is -2.08. The highest BCUT2D eigenvalue weighted by Gasteiger charge is 2.06. The van der Waals surface area contributed by atoms with Gasteiger partial charge in [0.25, 0.3) is 0 Å². The minimum atomic E-state index is 0.387. The molecule has 0 amide bonds. The summed E-state index contributed by atoms with van der Waals surface area (Å²) >= 11 is 0. The molecule has 0 saturated carbocycles. The van der Waals surface area contributed by atoms with Gasteiger partial charge in [0.1, 0.15) is 0 Å². The number of unbranched alkanes of at least 4 members (excludes halogenated alkanes) is 1. The van der Waals surface area contributed by atoms with Crippen LogP contribution in [0.2, 0.25) is 0 Å². The summed E-state index contributed by atoms with van der Waals surface area (Å²) in [5.74, 6) is 0. The van der Waals surface area contributed by atoms with Gasteiger partial charge in [0.05, 0.1) is 6.20 Å². The average Bonchev–Trinajstić information content (AvgIpc) is 2.94. The highest BCUT2D eigenvalue weighted by Crippen LogP contribution is 2.11. The maximum Gasteiger partial charge on any atom is 0.0537 e. The Bertz CT molecular complexity index is 490. The fourth-order valence-electron chi connectivity index (χ4n) is 2.40. The monoisotopic (exact) mass is 271 g/mol. The summed E-state index contributed by atoms with van der Waals surface area (Å²) in [5, 5.41) is 7.85. The van der Waals surface area contributed by atoms with Crippen molar-refractivity contribution in [1.29, 1.82) is 0 Å². The van der Waals surface area contributed by atoms with E-state index in [0.29, 0.717) is 6.04 Å². The number of nitrogens with zero attached hydrogens (tertiary/aromatic N) is 2. The highest BCUT2D eigenvalue weighted by atomic mass is 15.3. The predicted molar refractivity (Wildman–Crippen MR) is 83.7 cm³/mol.